The van der Waals surface area contributed by atoms with E-state index in [1.807, 2.05) is 6.07 Å². The minimum atomic E-state index is -0.472. The Morgan fingerprint density at radius 2 is 1.24 bits per heavy atom. The van der Waals surface area contributed by atoms with Gasteiger partial charge in [-0.3, -0.25) is 19.2 Å². The lowest BCUT2D eigenvalue weighted by Crippen LogP contribution is -2.23. The molecule has 33 heavy (non-hydrogen) atoms. The highest BCUT2D eigenvalue weighted by atomic mass is 16.5. The summed E-state index contributed by atoms with van der Waals surface area (Å²) in [4.78, 5) is 47.2. The molecule has 0 aromatic heterocycles. The number of benzene rings is 3. The molecule has 3 aromatic carbocycles. The van der Waals surface area contributed by atoms with Crippen molar-refractivity contribution in [2.45, 2.75) is 20.4 Å². The number of hydrogen-bond donors (Lipinski definition) is 2. The monoisotopic (exact) mass is 446 g/mol. The van der Waals surface area contributed by atoms with Crippen LogP contribution in [0.3, 0.4) is 0 Å². The van der Waals surface area contributed by atoms with Gasteiger partial charge in [-0.15, -0.1) is 0 Å². The van der Waals surface area contributed by atoms with Crippen LogP contribution in [-0.2, 0) is 16.1 Å². The first-order chi connectivity index (χ1) is 15.8. The maximum atomic E-state index is 12.6. The van der Waals surface area contributed by atoms with Gasteiger partial charge in [0.1, 0.15) is 11.5 Å². The first-order valence-electron chi connectivity index (χ1n) is 10.1. The second-order valence-electron chi connectivity index (χ2n) is 7.08. The summed E-state index contributed by atoms with van der Waals surface area (Å²) in [6, 6.07) is 19.6. The molecule has 2 N–H and O–H groups in total. The van der Waals surface area contributed by atoms with E-state index in [4.69, 9.17) is 9.47 Å². The third-order valence-corrected chi connectivity index (χ3v) is 4.35. The average molecular weight is 446 g/mol. The van der Waals surface area contributed by atoms with Crippen molar-refractivity contribution < 1.29 is 28.7 Å². The minimum absolute atomic E-state index is 0.224. The highest BCUT2D eigenvalue weighted by Crippen LogP contribution is 2.17. The fourth-order valence-corrected chi connectivity index (χ4v) is 2.98. The van der Waals surface area contributed by atoms with Crippen LogP contribution in [-0.4, -0.2) is 23.8 Å². The molecule has 0 aliphatic heterocycles. The fourth-order valence-electron chi connectivity index (χ4n) is 2.98. The van der Waals surface area contributed by atoms with E-state index in [1.165, 1.54) is 26.0 Å². The van der Waals surface area contributed by atoms with Crippen LogP contribution in [0.4, 0.5) is 5.69 Å². The lowest BCUT2D eigenvalue weighted by atomic mass is 10.1. The zero-order chi connectivity index (χ0) is 23.8. The van der Waals surface area contributed by atoms with Crippen LogP contribution in [0.25, 0.3) is 0 Å². The lowest BCUT2D eigenvalue weighted by molar-refractivity contribution is -0.132. The Kier molecular flexibility index (Phi) is 7.54. The van der Waals surface area contributed by atoms with Gasteiger partial charge < -0.3 is 20.1 Å². The van der Waals surface area contributed by atoms with Crippen molar-refractivity contribution in [2.75, 3.05) is 5.32 Å². The van der Waals surface area contributed by atoms with E-state index in [9.17, 15) is 19.2 Å². The summed E-state index contributed by atoms with van der Waals surface area (Å²) in [6.45, 7) is 2.80. The lowest BCUT2D eigenvalue weighted by Gasteiger charge is -2.10. The molecule has 0 aliphatic rings. The molecular weight excluding hydrogens is 424 g/mol. The van der Waals surface area contributed by atoms with Crippen molar-refractivity contribution in [3.8, 4) is 11.5 Å². The Morgan fingerprint density at radius 1 is 0.697 bits per heavy atom. The molecule has 0 saturated heterocycles. The molecule has 0 saturated carbocycles. The molecule has 0 spiro atoms. The van der Waals surface area contributed by atoms with Gasteiger partial charge in [-0.1, -0.05) is 24.3 Å². The molecule has 0 atom stereocenters. The smallest absolute Gasteiger partial charge is 0.308 e. The van der Waals surface area contributed by atoms with E-state index in [0.29, 0.717) is 16.8 Å². The molecule has 0 bridgehead atoms. The van der Waals surface area contributed by atoms with Crippen LogP contribution in [0.15, 0.2) is 72.8 Å². The van der Waals surface area contributed by atoms with Crippen LogP contribution in [0.5, 0.6) is 11.5 Å². The second kappa shape index (κ2) is 10.7. The van der Waals surface area contributed by atoms with E-state index in [1.54, 1.807) is 54.6 Å². The number of amides is 2. The van der Waals surface area contributed by atoms with Gasteiger partial charge in [0, 0.05) is 37.2 Å². The van der Waals surface area contributed by atoms with Crippen LogP contribution >= 0.6 is 0 Å². The number of carbonyl (C=O) groups excluding carboxylic acids is 4. The standard InChI is InChI=1S/C25H22N2O6/c1-16(28)32-22-10-4-7-19(13-22)24(30)26-15-18-6-3-9-21(12-18)27-25(31)20-8-5-11-23(14-20)33-17(2)29/h3-14H,15H2,1-2H3,(H,26,30)(H,27,31). The summed E-state index contributed by atoms with van der Waals surface area (Å²) >= 11 is 0. The van der Waals surface area contributed by atoms with Crippen molar-refractivity contribution in [1.29, 1.82) is 0 Å². The summed E-state index contributed by atoms with van der Waals surface area (Å²) in [6.07, 6.45) is 0. The highest BCUT2D eigenvalue weighted by molar-refractivity contribution is 6.04. The molecule has 8 nitrogen and oxygen atoms in total. The normalized spacial score (nSPS) is 10.1. The molecule has 2 amide bonds. The molecule has 168 valence electrons. The maximum Gasteiger partial charge on any atom is 0.308 e. The largest absolute Gasteiger partial charge is 0.427 e. The summed E-state index contributed by atoms with van der Waals surface area (Å²) in [5.41, 5.74) is 2.00. The SMILES string of the molecule is CC(=O)Oc1cccc(C(=O)NCc2cccc(NC(=O)c3cccc(OC(C)=O)c3)c2)c1. The summed E-state index contributed by atoms with van der Waals surface area (Å²) in [5, 5.41) is 5.58. The molecule has 8 heteroatoms. The van der Waals surface area contributed by atoms with Gasteiger partial charge in [0.15, 0.2) is 0 Å². The van der Waals surface area contributed by atoms with E-state index in [0.717, 1.165) is 5.56 Å². The molecule has 3 aromatic rings. The minimum Gasteiger partial charge on any atom is -0.427 e. The molecule has 0 heterocycles. The van der Waals surface area contributed by atoms with Gasteiger partial charge in [0.2, 0.25) is 0 Å². The predicted molar refractivity (Wildman–Crippen MR) is 121 cm³/mol. The van der Waals surface area contributed by atoms with Crippen molar-refractivity contribution >= 4 is 29.4 Å². The first-order valence-corrected chi connectivity index (χ1v) is 10.1. The Hall–Kier alpha value is -4.46. The third kappa shape index (κ3) is 7.03. The maximum absolute atomic E-state index is 12.6. The van der Waals surface area contributed by atoms with Gasteiger partial charge in [-0.05, 0) is 54.1 Å². The van der Waals surface area contributed by atoms with E-state index >= 15 is 0 Å². The van der Waals surface area contributed by atoms with Gasteiger partial charge in [0.25, 0.3) is 11.8 Å². The van der Waals surface area contributed by atoms with E-state index in [-0.39, 0.29) is 29.9 Å². The van der Waals surface area contributed by atoms with Gasteiger partial charge in [-0.25, -0.2) is 0 Å². The summed E-state index contributed by atoms with van der Waals surface area (Å²) in [5.74, 6) is -1.07. The van der Waals surface area contributed by atoms with Crippen molar-refractivity contribution in [3.63, 3.8) is 0 Å². The third-order valence-electron chi connectivity index (χ3n) is 4.35. The number of nitrogens with one attached hydrogen (secondary N) is 2. The number of ether oxygens (including phenoxy) is 2. The average Bonchev–Trinajstić information content (AvgIpc) is 2.77. The number of anilines is 1. The Bertz CT molecular complexity index is 1200. The molecule has 0 unspecified atom stereocenters. The van der Waals surface area contributed by atoms with Crippen LogP contribution < -0.4 is 20.1 Å². The highest BCUT2D eigenvalue weighted by Gasteiger charge is 2.10. The van der Waals surface area contributed by atoms with Gasteiger partial charge in [0.05, 0.1) is 0 Å². The molecule has 0 radical (unpaired) electrons. The van der Waals surface area contributed by atoms with Gasteiger partial charge >= 0.3 is 11.9 Å². The first kappa shape index (κ1) is 23.2. The second-order valence-corrected chi connectivity index (χ2v) is 7.08. The summed E-state index contributed by atoms with van der Waals surface area (Å²) in [7, 11) is 0. The van der Waals surface area contributed by atoms with Crippen molar-refractivity contribution in [3.05, 3.63) is 89.5 Å². The topological polar surface area (TPSA) is 111 Å². The van der Waals surface area contributed by atoms with Gasteiger partial charge in [-0.2, -0.15) is 0 Å². The Balaban J connectivity index is 1.62. The van der Waals surface area contributed by atoms with E-state index < -0.39 is 11.9 Å². The van der Waals surface area contributed by atoms with Crippen LogP contribution in [0.1, 0.15) is 40.1 Å². The predicted octanol–water partition coefficient (Wildman–Crippen LogP) is 3.72. The van der Waals surface area contributed by atoms with E-state index in [2.05, 4.69) is 10.6 Å². The molecular formula is C25H22N2O6. The number of carbonyl (C=O) groups is 4. The summed E-state index contributed by atoms with van der Waals surface area (Å²) < 4.78 is 10.0. The Morgan fingerprint density at radius 3 is 1.82 bits per heavy atom. The van der Waals surface area contributed by atoms with Crippen molar-refractivity contribution in [2.24, 2.45) is 0 Å². The van der Waals surface area contributed by atoms with Crippen LogP contribution in [0.2, 0.25) is 0 Å². The number of rotatable bonds is 7. The number of hydrogen-bond acceptors (Lipinski definition) is 6. The zero-order valence-electron chi connectivity index (χ0n) is 18.1. The molecule has 0 aliphatic carbocycles. The fraction of sp³-hybridized carbons (Fsp3) is 0.120. The molecule has 0 fully saturated rings. The van der Waals surface area contributed by atoms with Crippen LogP contribution in [0, 0.1) is 0 Å². The number of esters is 2. The van der Waals surface area contributed by atoms with Crippen molar-refractivity contribution in [1.82, 2.24) is 5.32 Å². The zero-order valence-corrected chi connectivity index (χ0v) is 18.1. The Labute approximate surface area is 190 Å². The quantitative estimate of drug-likeness (QED) is 0.423. The molecule has 3 rings (SSSR count).